The maximum atomic E-state index is 12.7. The second-order valence-corrected chi connectivity index (χ2v) is 6.93. The second-order valence-electron chi connectivity index (χ2n) is 6.93. The van der Waals surface area contributed by atoms with Crippen molar-refractivity contribution in [3.8, 4) is 5.75 Å². The van der Waals surface area contributed by atoms with Gasteiger partial charge < -0.3 is 37.0 Å². The molecule has 4 atom stereocenters. The summed E-state index contributed by atoms with van der Waals surface area (Å²) in [6, 6.07) is 0.883. The molecule has 1 aromatic rings. The van der Waals surface area contributed by atoms with Crippen LogP contribution in [-0.4, -0.2) is 69.1 Å². The molecule has 12 nitrogen and oxygen atoms in total. The molecule has 0 bridgehead atoms. The van der Waals surface area contributed by atoms with Crippen LogP contribution >= 0.6 is 0 Å². The summed E-state index contributed by atoms with van der Waals surface area (Å²) in [7, 11) is 0. The molecule has 0 fully saturated rings. The lowest BCUT2D eigenvalue weighted by Crippen LogP contribution is -2.56. The normalized spacial score (nSPS) is 14.4. The second kappa shape index (κ2) is 11.5. The standard InChI is InChI=1S/C19H26N4O8/c1-9(16(27)22-10(2)19(30)31)21-18(29)14(7-11-3-5-12(24)6-4-11)23-17(28)13(20)8-15(25)26/h3-6,9-10,13-14,24H,7-8,20H2,1-2H3,(H,21,29)(H,22,27)(H,23,28)(H,25,26)(H,30,31)/t9-,10-,13-,14-/m0/s1. The molecule has 0 aliphatic heterocycles. The van der Waals surface area contributed by atoms with Crippen LogP contribution in [0.1, 0.15) is 25.8 Å². The number of carbonyl (C=O) groups is 5. The van der Waals surface area contributed by atoms with Crippen molar-refractivity contribution >= 4 is 29.7 Å². The summed E-state index contributed by atoms with van der Waals surface area (Å²) >= 11 is 0. The lowest BCUT2D eigenvalue weighted by Gasteiger charge is -2.23. The maximum absolute atomic E-state index is 12.7. The number of amides is 3. The van der Waals surface area contributed by atoms with Crippen LogP contribution in [0, 0.1) is 0 Å². The summed E-state index contributed by atoms with van der Waals surface area (Å²) in [5.74, 6) is -4.94. The number of aromatic hydroxyl groups is 1. The van der Waals surface area contributed by atoms with Crippen LogP contribution in [0.5, 0.6) is 5.75 Å². The number of carboxylic acids is 2. The average molecular weight is 438 g/mol. The van der Waals surface area contributed by atoms with E-state index in [0.717, 1.165) is 0 Å². The van der Waals surface area contributed by atoms with E-state index in [9.17, 15) is 29.1 Å². The third kappa shape index (κ3) is 8.70. The predicted octanol–water partition coefficient (Wildman–Crippen LogP) is -1.68. The highest BCUT2D eigenvalue weighted by atomic mass is 16.4. The van der Waals surface area contributed by atoms with Crippen LogP contribution in [0.3, 0.4) is 0 Å². The first-order chi connectivity index (χ1) is 14.4. The van der Waals surface area contributed by atoms with Crippen molar-refractivity contribution in [2.24, 2.45) is 5.73 Å². The van der Waals surface area contributed by atoms with Crippen LogP contribution in [0.4, 0.5) is 0 Å². The fourth-order valence-electron chi connectivity index (χ4n) is 2.42. The van der Waals surface area contributed by atoms with Gasteiger partial charge in [0.1, 0.15) is 23.9 Å². The van der Waals surface area contributed by atoms with Crippen molar-refractivity contribution in [1.82, 2.24) is 16.0 Å². The van der Waals surface area contributed by atoms with Gasteiger partial charge in [0.05, 0.1) is 12.5 Å². The molecule has 0 aliphatic rings. The first-order valence-electron chi connectivity index (χ1n) is 9.30. The van der Waals surface area contributed by atoms with E-state index in [4.69, 9.17) is 15.9 Å². The summed E-state index contributed by atoms with van der Waals surface area (Å²) in [6.07, 6.45) is -0.692. The van der Waals surface area contributed by atoms with Gasteiger partial charge in [-0.15, -0.1) is 0 Å². The minimum atomic E-state index is -1.40. The molecule has 1 aromatic carbocycles. The minimum Gasteiger partial charge on any atom is -0.508 e. The quantitative estimate of drug-likeness (QED) is 0.210. The van der Waals surface area contributed by atoms with Crippen LogP contribution in [0.2, 0.25) is 0 Å². The smallest absolute Gasteiger partial charge is 0.325 e. The number of aliphatic carboxylic acids is 2. The lowest BCUT2D eigenvalue weighted by atomic mass is 10.0. The Balaban J connectivity index is 2.92. The SMILES string of the molecule is C[C@H](NC(=O)[C@H](C)NC(=O)[C@H](Cc1ccc(O)cc1)NC(=O)[C@@H](N)CC(=O)O)C(=O)O. The Bertz CT molecular complexity index is 827. The Hall–Kier alpha value is -3.67. The van der Waals surface area contributed by atoms with E-state index < -0.39 is 60.2 Å². The van der Waals surface area contributed by atoms with Crippen LogP contribution in [0.15, 0.2) is 24.3 Å². The van der Waals surface area contributed by atoms with Crippen molar-refractivity contribution in [2.75, 3.05) is 0 Å². The molecule has 170 valence electrons. The molecular weight excluding hydrogens is 412 g/mol. The minimum absolute atomic E-state index is 0.00453. The summed E-state index contributed by atoms with van der Waals surface area (Å²) in [5, 5.41) is 34.0. The van der Waals surface area contributed by atoms with Gasteiger partial charge in [-0.25, -0.2) is 0 Å². The molecule has 8 N–H and O–H groups in total. The molecule has 0 radical (unpaired) electrons. The van der Waals surface area contributed by atoms with Crippen molar-refractivity contribution in [3.05, 3.63) is 29.8 Å². The van der Waals surface area contributed by atoms with Gasteiger partial charge in [-0.2, -0.15) is 0 Å². The van der Waals surface area contributed by atoms with E-state index in [1.54, 1.807) is 0 Å². The molecule has 1 rings (SSSR count). The monoisotopic (exact) mass is 438 g/mol. The molecule has 31 heavy (non-hydrogen) atoms. The van der Waals surface area contributed by atoms with Gasteiger partial charge in [0.25, 0.3) is 0 Å². The van der Waals surface area contributed by atoms with Crippen molar-refractivity contribution in [3.63, 3.8) is 0 Å². The number of hydrogen-bond donors (Lipinski definition) is 7. The Morgan fingerprint density at radius 1 is 0.871 bits per heavy atom. The number of benzene rings is 1. The molecule has 0 aliphatic carbocycles. The summed E-state index contributed by atoms with van der Waals surface area (Å²) in [6.45, 7) is 2.59. The number of rotatable bonds is 11. The molecule has 0 aromatic heterocycles. The van der Waals surface area contributed by atoms with Gasteiger partial charge in [-0.3, -0.25) is 24.0 Å². The van der Waals surface area contributed by atoms with Gasteiger partial charge in [0, 0.05) is 6.42 Å². The Kier molecular flexibility index (Phi) is 9.41. The van der Waals surface area contributed by atoms with Crippen LogP contribution < -0.4 is 21.7 Å². The molecule has 0 unspecified atom stereocenters. The lowest BCUT2D eigenvalue weighted by molar-refractivity contribution is -0.141. The number of nitrogens with one attached hydrogen (secondary N) is 3. The van der Waals surface area contributed by atoms with E-state index in [1.807, 2.05) is 0 Å². The third-order valence-electron chi connectivity index (χ3n) is 4.22. The number of carbonyl (C=O) groups excluding carboxylic acids is 3. The van der Waals surface area contributed by atoms with E-state index >= 15 is 0 Å². The highest BCUT2D eigenvalue weighted by Gasteiger charge is 2.28. The highest BCUT2D eigenvalue weighted by Crippen LogP contribution is 2.12. The fourth-order valence-corrected chi connectivity index (χ4v) is 2.42. The molecule has 12 heteroatoms. The largest absolute Gasteiger partial charge is 0.508 e. The summed E-state index contributed by atoms with van der Waals surface area (Å²) in [5.41, 5.74) is 6.09. The Labute approximate surface area is 177 Å². The van der Waals surface area contributed by atoms with E-state index in [0.29, 0.717) is 5.56 Å². The van der Waals surface area contributed by atoms with Crippen LogP contribution in [-0.2, 0) is 30.4 Å². The van der Waals surface area contributed by atoms with Gasteiger partial charge >= 0.3 is 11.9 Å². The average Bonchev–Trinajstić information content (AvgIpc) is 2.68. The van der Waals surface area contributed by atoms with Gasteiger partial charge in [-0.05, 0) is 31.5 Å². The van der Waals surface area contributed by atoms with E-state index in [1.165, 1.54) is 38.1 Å². The molecular formula is C19H26N4O8. The third-order valence-corrected chi connectivity index (χ3v) is 4.22. The maximum Gasteiger partial charge on any atom is 0.325 e. The molecule has 0 saturated carbocycles. The van der Waals surface area contributed by atoms with Gasteiger partial charge in [0.15, 0.2) is 0 Å². The number of phenols is 1. The van der Waals surface area contributed by atoms with E-state index in [-0.39, 0.29) is 12.2 Å². The summed E-state index contributed by atoms with van der Waals surface area (Å²) < 4.78 is 0. The first kappa shape index (κ1) is 25.4. The fraction of sp³-hybridized carbons (Fsp3) is 0.421. The van der Waals surface area contributed by atoms with E-state index in [2.05, 4.69) is 16.0 Å². The Morgan fingerprint density at radius 3 is 1.94 bits per heavy atom. The Morgan fingerprint density at radius 2 is 1.42 bits per heavy atom. The van der Waals surface area contributed by atoms with Crippen molar-refractivity contribution < 1.29 is 39.3 Å². The zero-order valence-corrected chi connectivity index (χ0v) is 17.0. The number of nitrogens with two attached hydrogens (primary N) is 1. The van der Waals surface area contributed by atoms with Gasteiger partial charge in [0.2, 0.25) is 17.7 Å². The molecule has 3 amide bonds. The van der Waals surface area contributed by atoms with Crippen molar-refractivity contribution in [1.29, 1.82) is 0 Å². The zero-order valence-electron chi connectivity index (χ0n) is 17.0. The number of phenolic OH excluding ortho intramolecular Hbond substituents is 1. The highest BCUT2D eigenvalue weighted by molar-refractivity contribution is 5.94. The molecule has 0 saturated heterocycles. The molecule has 0 spiro atoms. The zero-order chi connectivity index (χ0) is 23.7. The number of carboxylic acid groups (broad SMARTS) is 2. The number of hydrogen-bond acceptors (Lipinski definition) is 7. The van der Waals surface area contributed by atoms with Gasteiger partial charge in [-0.1, -0.05) is 12.1 Å². The predicted molar refractivity (Wildman–Crippen MR) is 107 cm³/mol. The first-order valence-corrected chi connectivity index (χ1v) is 9.30. The topological polar surface area (TPSA) is 208 Å². The molecule has 0 heterocycles. The van der Waals surface area contributed by atoms with Crippen LogP contribution in [0.25, 0.3) is 0 Å². The summed E-state index contributed by atoms with van der Waals surface area (Å²) in [4.78, 5) is 58.6. The van der Waals surface area contributed by atoms with Crippen molar-refractivity contribution in [2.45, 2.75) is 50.9 Å².